The first-order valence-corrected chi connectivity index (χ1v) is 6.20. The number of hydrogen-bond donors (Lipinski definition) is 0. The quantitative estimate of drug-likeness (QED) is 0.561. The van der Waals surface area contributed by atoms with Crippen LogP contribution in [0.25, 0.3) is 0 Å². The van der Waals surface area contributed by atoms with Crippen molar-refractivity contribution in [1.82, 2.24) is 0 Å². The molecule has 74 valence electrons. The summed E-state index contributed by atoms with van der Waals surface area (Å²) in [5.74, 6) is 1.72. The Labute approximate surface area is 93.9 Å². The maximum Gasteiger partial charge on any atom is 0.124 e. The highest BCUT2D eigenvalue weighted by molar-refractivity contribution is 6.49. The maximum absolute atomic E-state index is 6.54. The van der Waals surface area contributed by atoms with Crippen LogP contribution in [0.15, 0.2) is 0 Å². The van der Waals surface area contributed by atoms with Crippen molar-refractivity contribution in [2.45, 2.75) is 41.3 Å². The second kappa shape index (κ2) is 2.51. The molecule has 0 N–H and O–H groups in total. The molecule has 4 saturated carbocycles. The Morgan fingerprint density at radius 2 is 1.38 bits per heavy atom. The van der Waals surface area contributed by atoms with Gasteiger partial charge in [0.15, 0.2) is 0 Å². The molecular weight excluding hydrogens is 226 g/mol. The molecule has 4 fully saturated rings. The lowest BCUT2D eigenvalue weighted by Crippen LogP contribution is -2.57. The zero-order valence-electron chi connectivity index (χ0n) is 7.40. The Balaban J connectivity index is 1.99. The first-order chi connectivity index (χ1) is 6.00. The van der Waals surface area contributed by atoms with Crippen LogP contribution < -0.4 is 0 Å². The Morgan fingerprint density at radius 3 is 1.85 bits per heavy atom. The molecule has 0 nitrogen and oxygen atoms in total. The average molecular weight is 240 g/mol. The van der Waals surface area contributed by atoms with Gasteiger partial charge in [-0.2, -0.15) is 0 Å². The van der Waals surface area contributed by atoms with Gasteiger partial charge in [-0.15, -0.1) is 34.8 Å². The maximum atomic E-state index is 6.54. The first kappa shape index (κ1) is 9.12. The van der Waals surface area contributed by atoms with E-state index in [2.05, 4.69) is 0 Å². The number of rotatable bonds is 0. The SMILES string of the molecule is ClC12CC3C[C@H](C1)C(Cl)(Cl)[C@H](C3)C2. The van der Waals surface area contributed by atoms with E-state index in [0.29, 0.717) is 11.8 Å². The second-order valence-electron chi connectivity index (χ2n) is 5.17. The fourth-order valence-electron chi connectivity index (χ4n) is 3.80. The van der Waals surface area contributed by atoms with Crippen LogP contribution in [0.4, 0.5) is 0 Å². The summed E-state index contributed by atoms with van der Waals surface area (Å²) in [7, 11) is 0. The summed E-state index contributed by atoms with van der Waals surface area (Å²) in [6, 6.07) is 0. The molecule has 4 aliphatic rings. The molecular formula is C10H13Cl3. The zero-order chi connectivity index (χ0) is 9.27. The normalized spacial score (nSPS) is 57.0. The van der Waals surface area contributed by atoms with Gasteiger partial charge >= 0.3 is 0 Å². The Bertz CT molecular complexity index is 231. The molecule has 4 bridgehead atoms. The Hall–Kier alpha value is 0.870. The summed E-state index contributed by atoms with van der Waals surface area (Å²) < 4.78 is -0.463. The number of hydrogen-bond acceptors (Lipinski definition) is 0. The fourth-order valence-corrected chi connectivity index (χ4v) is 5.06. The van der Waals surface area contributed by atoms with Crippen LogP contribution >= 0.6 is 34.8 Å². The van der Waals surface area contributed by atoms with Crippen molar-refractivity contribution in [2.75, 3.05) is 0 Å². The van der Waals surface area contributed by atoms with Crippen molar-refractivity contribution < 1.29 is 0 Å². The third-order valence-corrected chi connectivity index (χ3v) is 5.90. The van der Waals surface area contributed by atoms with Crippen LogP contribution in [0.1, 0.15) is 32.1 Å². The van der Waals surface area contributed by atoms with E-state index in [4.69, 9.17) is 34.8 Å². The lowest BCUT2D eigenvalue weighted by Gasteiger charge is -2.59. The van der Waals surface area contributed by atoms with Gasteiger partial charge in [0.2, 0.25) is 0 Å². The van der Waals surface area contributed by atoms with E-state index in [1.807, 2.05) is 0 Å². The highest BCUT2D eigenvalue weighted by Crippen LogP contribution is 2.65. The number of halogens is 3. The van der Waals surface area contributed by atoms with Crippen molar-refractivity contribution in [3.05, 3.63) is 0 Å². The highest BCUT2D eigenvalue weighted by atomic mass is 35.5. The van der Waals surface area contributed by atoms with Gasteiger partial charge in [-0.3, -0.25) is 0 Å². The van der Waals surface area contributed by atoms with Crippen LogP contribution in [-0.2, 0) is 0 Å². The fraction of sp³-hybridized carbons (Fsp3) is 1.00. The minimum atomic E-state index is -0.463. The molecule has 0 aliphatic heterocycles. The molecule has 0 saturated heterocycles. The number of alkyl halides is 3. The van der Waals surface area contributed by atoms with Crippen molar-refractivity contribution in [2.24, 2.45) is 17.8 Å². The summed E-state index contributed by atoms with van der Waals surface area (Å²) >= 11 is 19.3. The summed E-state index contributed by atoms with van der Waals surface area (Å²) in [4.78, 5) is 0.0593. The molecule has 0 amide bonds. The molecule has 13 heavy (non-hydrogen) atoms. The molecule has 0 spiro atoms. The largest absolute Gasteiger partial charge is 0.124 e. The molecule has 0 heterocycles. The van der Waals surface area contributed by atoms with Crippen molar-refractivity contribution in [3.63, 3.8) is 0 Å². The van der Waals surface area contributed by atoms with Gasteiger partial charge < -0.3 is 0 Å². The van der Waals surface area contributed by atoms with Crippen LogP contribution in [0.5, 0.6) is 0 Å². The van der Waals surface area contributed by atoms with Gasteiger partial charge in [-0.05, 0) is 49.9 Å². The second-order valence-corrected chi connectivity index (χ2v) is 7.42. The predicted molar refractivity (Wildman–Crippen MR) is 56.6 cm³/mol. The Morgan fingerprint density at radius 1 is 0.846 bits per heavy atom. The van der Waals surface area contributed by atoms with E-state index in [-0.39, 0.29) is 4.87 Å². The van der Waals surface area contributed by atoms with Gasteiger partial charge in [-0.1, -0.05) is 0 Å². The molecule has 2 atom stereocenters. The highest BCUT2D eigenvalue weighted by Gasteiger charge is 2.60. The third-order valence-electron chi connectivity index (χ3n) is 4.20. The van der Waals surface area contributed by atoms with Crippen LogP contribution in [0.3, 0.4) is 0 Å². The van der Waals surface area contributed by atoms with Crippen molar-refractivity contribution in [3.8, 4) is 0 Å². The van der Waals surface area contributed by atoms with E-state index >= 15 is 0 Å². The van der Waals surface area contributed by atoms with E-state index in [1.54, 1.807) is 0 Å². The molecule has 0 unspecified atom stereocenters. The van der Waals surface area contributed by atoms with Crippen molar-refractivity contribution in [1.29, 1.82) is 0 Å². The average Bonchev–Trinajstić information content (AvgIpc) is 1.97. The van der Waals surface area contributed by atoms with Gasteiger partial charge in [0, 0.05) is 4.87 Å². The van der Waals surface area contributed by atoms with E-state index in [0.717, 1.165) is 18.8 Å². The molecule has 4 rings (SSSR count). The summed E-state index contributed by atoms with van der Waals surface area (Å²) in [6.45, 7) is 0. The Kier molecular flexibility index (Phi) is 1.76. The van der Waals surface area contributed by atoms with Crippen LogP contribution in [0.2, 0.25) is 0 Å². The smallest absolute Gasteiger partial charge is 0.119 e. The third kappa shape index (κ3) is 1.18. The molecule has 0 aromatic rings. The van der Waals surface area contributed by atoms with Crippen LogP contribution in [0, 0.1) is 17.8 Å². The summed E-state index contributed by atoms with van der Waals surface area (Å²) in [5, 5.41) is 0. The lowest BCUT2D eigenvalue weighted by molar-refractivity contribution is 0.0245. The monoisotopic (exact) mass is 238 g/mol. The van der Waals surface area contributed by atoms with Gasteiger partial charge in [0.05, 0.1) is 0 Å². The zero-order valence-corrected chi connectivity index (χ0v) is 9.67. The first-order valence-electron chi connectivity index (χ1n) is 5.06. The van der Waals surface area contributed by atoms with Gasteiger partial charge in [-0.25, -0.2) is 0 Å². The van der Waals surface area contributed by atoms with Crippen LogP contribution in [-0.4, -0.2) is 9.21 Å². The van der Waals surface area contributed by atoms with Crippen molar-refractivity contribution >= 4 is 34.8 Å². The minimum absolute atomic E-state index is 0.0593. The van der Waals surface area contributed by atoms with E-state index < -0.39 is 4.33 Å². The predicted octanol–water partition coefficient (Wildman–Crippen LogP) is 3.98. The lowest BCUT2D eigenvalue weighted by atomic mass is 9.55. The van der Waals surface area contributed by atoms with E-state index in [1.165, 1.54) is 19.3 Å². The molecule has 0 aromatic heterocycles. The standard InChI is InChI=1S/C10H13Cl3/c11-9-3-6-1-7(4-9)10(12,13)8(2-6)5-9/h6-8H,1-5H2/t6?,7-,8-,9?/m1/s1. The molecule has 4 aliphatic carbocycles. The molecule has 0 aromatic carbocycles. The van der Waals surface area contributed by atoms with Gasteiger partial charge in [0.1, 0.15) is 4.33 Å². The summed E-state index contributed by atoms with van der Waals surface area (Å²) in [6.07, 6.45) is 5.68. The van der Waals surface area contributed by atoms with Gasteiger partial charge in [0.25, 0.3) is 0 Å². The molecule has 3 heteroatoms. The van der Waals surface area contributed by atoms with E-state index in [9.17, 15) is 0 Å². The topological polar surface area (TPSA) is 0 Å². The molecule has 0 radical (unpaired) electrons. The summed E-state index contributed by atoms with van der Waals surface area (Å²) in [5.41, 5.74) is 0. The minimum Gasteiger partial charge on any atom is -0.119 e.